The summed E-state index contributed by atoms with van der Waals surface area (Å²) in [7, 11) is 0. The van der Waals surface area contributed by atoms with Crippen molar-refractivity contribution in [3.63, 3.8) is 0 Å². The maximum Gasteiger partial charge on any atom is 0.236 e. The Labute approximate surface area is 234 Å². The average Bonchev–Trinajstić information content (AvgIpc) is 3.66. The number of aryl methyl sites for hydroxylation is 1. The number of nitrogen functional groups attached to an aromatic ring is 1. The number of nitriles is 1. The minimum absolute atomic E-state index is 0.0682. The Hall–Kier alpha value is -3.87. The van der Waals surface area contributed by atoms with E-state index in [4.69, 9.17) is 30.9 Å². The van der Waals surface area contributed by atoms with Crippen molar-refractivity contribution >= 4 is 34.6 Å². The Morgan fingerprint density at radius 2 is 2.05 bits per heavy atom. The molecule has 39 heavy (non-hydrogen) atoms. The Balaban J connectivity index is 1.38. The topological polar surface area (TPSA) is 121 Å². The summed E-state index contributed by atoms with van der Waals surface area (Å²) in [4.78, 5) is 12.6. The summed E-state index contributed by atoms with van der Waals surface area (Å²) in [5.41, 5.74) is 9.41. The molecule has 0 aliphatic carbocycles. The molecule has 0 unspecified atom stereocenters. The van der Waals surface area contributed by atoms with Crippen LogP contribution in [0.25, 0.3) is 27.4 Å². The first kappa shape index (κ1) is 26.7. The Morgan fingerprint density at radius 3 is 2.69 bits per heavy atom. The molecule has 1 atom stereocenters. The second kappa shape index (κ2) is 11.1. The Morgan fingerprint density at radius 1 is 1.26 bits per heavy atom. The molecule has 198 valence electrons. The molecule has 0 amide bonds. The van der Waals surface area contributed by atoms with Gasteiger partial charge in [-0.2, -0.15) is 16.6 Å². The fourth-order valence-corrected chi connectivity index (χ4v) is 5.76. The Bertz CT molecular complexity index is 1570. The molecule has 1 aliphatic rings. The van der Waals surface area contributed by atoms with E-state index >= 15 is 0 Å². The second-order valence-electron chi connectivity index (χ2n) is 9.23. The van der Waals surface area contributed by atoms with Gasteiger partial charge < -0.3 is 24.4 Å². The summed E-state index contributed by atoms with van der Waals surface area (Å²) in [6, 6.07) is 11.4. The van der Waals surface area contributed by atoms with E-state index in [0.717, 1.165) is 11.3 Å². The molecule has 2 N–H and O–H groups in total. The standard InChI is InChI=1S/C28H25N5O4S2/c1-16-22(32-26(36-16)18-9-10-38-14-18)15-39-27-21(11-29)23(24(31-4)25(30)33-27)17-5-7-19(8-6-17)34-12-20-13-35-28(2,3)37-20/h5-10,14,20H,12-13,15H2,1-3H3,(H2,30,33)/t20-/m1/s1. The molecule has 4 heterocycles. The molecule has 4 aromatic rings. The number of ether oxygens (including phenoxy) is 3. The molecule has 11 heteroatoms. The smallest absolute Gasteiger partial charge is 0.236 e. The van der Waals surface area contributed by atoms with E-state index < -0.39 is 5.79 Å². The summed E-state index contributed by atoms with van der Waals surface area (Å²) in [5.74, 6) is 1.76. The summed E-state index contributed by atoms with van der Waals surface area (Å²) >= 11 is 2.90. The van der Waals surface area contributed by atoms with Crippen LogP contribution in [-0.4, -0.2) is 35.1 Å². The van der Waals surface area contributed by atoms with Crippen molar-refractivity contribution in [3.8, 4) is 34.4 Å². The number of rotatable bonds is 8. The van der Waals surface area contributed by atoms with Gasteiger partial charge in [-0.3, -0.25) is 0 Å². The highest BCUT2D eigenvalue weighted by Crippen LogP contribution is 2.42. The van der Waals surface area contributed by atoms with Gasteiger partial charge in [0.2, 0.25) is 11.6 Å². The van der Waals surface area contributed by atoms with Crippen molar-refractivity contribution in [3.05, 3.63) is 69.5 Å². The minimum Gasteiger partial charge on any atom is -0.491 e. The lowest BCUT2D eigenvalue weighted by Crippen LogP contribution is -2.25. The highest BCUT2D eigenvalue weighted by Gasteiger charge is 2.33. The van der Waals surface area contributed by atoms with Crippen molar-refractivity contribution in [2.45, 2.75) is 43.4 Å². The number of thiophene rings is 1. The monoisotopic (exact) mass is 559 g/mol. The molecule has 0 spiro atoms. The average molecular weight is 560 g/mol. The van der Waals surface area contributed by atoms with Gasteiger partial charge in [-0.15, -0.1) is 0 Å². The highest BCUT2D eigenvalue weighted by molar-refractivity contribution is 7.98. The number of thioether (sulfide) groups is 1. The van der Waals surface area contributed by atoms with Crippen molar-refractivity contribution in [2.75, 3.05) is 18.9 Å². The third-order valence-corrected chi connectivity index (χ3v) is 7.71. The van der Waals surface area contributed by atoms with Crippen LogP contribution in [0.5, 0.6) is 5.75 Å². The molecule has 0 radical (unpaired) electrons. The maximum atomic E-state index is 10.1. The van der Waals surface area contributed by atoms with Crippen molar-refractivity contribution in [2.24, 2.45) is 0 Å². The van der Waals surface area contributed by atoms with E-state index in [9.17, 15) is 5.26 Å². The molecule has 9 nitrogen and oxygen atoms in total. The first-order valence-corrected chi connectivity index (χ1v) is 14.0. The van der Waals surface area contributed by atoms with Gasteiger partial charge in [-0.25, -0.2) is 14.8 Å². The van der Waals surface area contributed by atoms with Crippen molar-refractivity contribution < 1.29 is 18.6 Å². The van der Waals surface area contributed by atoms with Crippen molar-refractivity contribution in [1.82, 2.24) is 9.97 Å². The number of pyridine rings is 1. The van der Waals surface area contributed by atoms with Crippen LogP contribution in [0.15, 0.2) is 50.5 Å². The Kier molecular flexibility index (Phi) is 7.60. The molecular weight excluding hydrogens is 534 g/mol. The fourth-order valence-electron chi connectivity index (χ4n) is 4.13. The lowest BCUT2D eigenvalue weighted by molar-refractivity contribution is -0.141. The summed E-state index contributed by atoms with van der Waals surface area (Å²) in [6.07, 6.45) is -0.159. The van der Waals surface area contributed by atoms with Crippen LogP contribution in [0.1, 0.15) is 30.9 Å². The molecule has 1 fully saturated rings. The zero-order valence-electron chi connectivity index (χ0n) is 21.6. The van der Waals surface area contributed by atoms with E-state index in [-0.39, 0.29) is 23.2 Å². The lowest BCUT2D eigenvalue weighted by Gasteiger charge is -2.17. The van der Waals surface area contributed by atoms with Gasteiger partial charge in [0.05, 0.1) is 24.4 Å². The largest absolute Gasteiger partial charge is 0.491 e. The van der Waals surface area contributed by atoms with E-state index in [1.807, 2.05) is 37.6 Å². The number of nitrogens with two attached hydrogens (primary N) is 1. The van der Waals surface area contributed by atoms with Gasteiger partial charge in [0.1, 0.15) is 41.1 Å². The van der Waals surface area contributed by atoms with Gasteiger partial charge >= 0.3 is 0 Å². The third kappa shape index (κ3) is 5.77. The first-order valence-electron chi connectivity index (χ1n) is 12.1. The molecule has 0 saturated carbocycles. The van der Waals surface area contributed by atoms with Crippen LogP contribution < -0.4 is 10.5 Å². The lowest BCUT2D eigenvalue weighted by atomic mass is 10.00. The van der Waals surface area contributed by atoms with Crippen LogP contribution in [0.2, 0.25) is 0 Å². The summed E-state index contributed by atoms with van der Waals surface area (Å²) in [5, 5.41) is 14.5. The van der Waals surface area contributed by atoms with Gasteiger partial charge in [-0.05, 0) is 49.9 Å². The van der Waals surface area contributed by atoms with Crippen LogP contribution in [0.3, 0.4) is 0 Å². The SMILES string of the molecule is [C-]#[N+]c1c(N)nc(SCc2nc(-c3ccsc3)oc2C)c(C#N)c1-c1ccc(OC[C@@H]2COC(C)(C)O2)cc1. The fraction of sp³-hybridized carbons (Fsp3) is 0.286. The predicted octanol–water partition coefficient (Wildman–Crippen LogP) is 6.60. The molecule has 1 aliphatic heterocycles. The second-order valence-corrected chi connectivity index (χ2v) is 11.0. The number of hydrogen-bond donors (Lipinski definition) is 1. The van der Waals surface area contributed by atoms with Crippen LogP contribution >= 0.6 is 23.1 Å². The maximum absolute atomic E-state index is 10.1. The first-order chi connectivity index (χ1) is 18.8. The zero-order chi connectivity index (χ0) is 27.6. The van der Waals surface area contributed by atoms with Crippen LogP contribution in [0, 0.1) is 24.8 Å². The number of aromatic nitrogens is 2. The molecule has 1 aromatic carbocycles. The predicted molar refractivity (Wildman–Crippen MR) is 150 cm³/mol. The van der Waals surface area contributed by atoms with Gasteiger partial charge in [0.25, 0.3) is 0 Å². The van der Waals surface area contributed by atoms with E-state index in [2.05, 4.69) is 20.9 Å². The molecule has 5 rings (SSSR count). The number of benzene rings is 1. The van der Waals surface area contributed by atoms with Gasteiger partial charge in [0.15, 0.2) is 5.79 Å². The minimum atomic E-state index is -0.614. The number of nitrogens with zero attached hydrogens (tertiary/aromatic N) is 4. The summed E-state index contributed by atoms with van der Waals surface area (Å²) < 4.78 is 23.1. The third-order valence-electron chi connectivity index (χ3n) is 6.04. The van der Waals surface area contributed by atoms with E-state index in [0.29, 0.717) is 52.5 Å². The van der Waals surface area contributed by atoms with Crippen LogP contribution in [-0.2, 0) is 15.2 Å². The van der Waals surface area contributed by atoms with Gasteiger partial charge in [0, 0.05) is 22.3 Å². The quantitative estimate of drug-likeness (QED) is 0.188. The number of oxazole rings is 1. The highest BCUT2D eigenvalue weighted by atomic mass is 32.2. The number of hydrogen-bond acceptors (Lipinski definition) is 10. The number of anilines is 1. The molecule has 3 aromatic heterocycles. The van der Waals surface area contributed by atoms with Gasteiger partial charge in [-0.1, -0.05) is 23.9 Å². The van der Waals surface area contributed by atoms with E-state index in [1.165, 1.54) is 11.8 Å². The molecule has 0 bridgehead atoms. The normalized spacial score (nSPS) is 16.1. The molecule has 1 saturated heterocycles. The molecular formula is C28H25N5O4S2. The zero-order valence-corrected chi connectivity index (χ0v) is 23.2. The summed E-state index contributed by atoms with van der Waals surface area (Å²) in [6.45, 7) is 14.1. The van der Waals surface area contributed by atoms with Crippen molar-refractivity contribution in [1.29, 1.82) is 5.26 Å². The van der Waals surface area contributed by atoms with E-state index in [1.54, 1.807) is 35.6 Å². The van der Waals surface area contributed by atoms with Crippen LogP contribution in [0.4, 0.5) is 11.5 Å².